The second-order valence-corrected chi connectivity index (χ2v) is 10.1. The summed E-state index contributed by atoms with van der Waals surface area (Å²) >= 11 is 0. The van der Waals surface area contributed by atoms with Gasteiger partial charge in [0.05, 0.1) is 18.8 Å². The maximum atomic E-state index is 13.3. The Kier molecular flexibility index (Phi) is 10.1. The van der Waals surface area contributed by atoms with Gasteiger partial charge in [-0.15, -0.1) is 0 Å². The van der Waals surface area contributed by atoms with Crippen LogP contribution in [0.3, 0.4) is 0 Å². The molecule has 0 saturated heterocycles. The van der Waals surface area contributed by atoms with Crippen molar-refractivity contribution >= 4 is 34.4 Å². The van der Waals surface area contributed by atoms with E-state index >= 15 is 0 Å². The van der Waals surface area contributed by atoms with E-state index in [1.807, 2.05) is 85.3 Å². The summed E-state index contributed by atoms with van der Waals surface area (Å²) in [4.78, 5) is 18.2. The van der Waals surface area contributed by atoms with Crippen molar-refractivity contribution in [2.75, 3.05) is 7.11 Å². The molecule has 0 saturated carbocycles. The Morgan fingerprint density at radius 2 is 1.76 bits per heavy atom. The Balaban J connectivity index is 1.59. The van der Waals surface area contributed by atoms with Crippen molar-refractivity contribution in [1.29, 1.82) is 0 Å². The van der Waals surface area contributed by atoms with Crippen molar-refractivity contribution in [3.05, 3.63) is 125 Å². The van der Waals surface area contributed by atoms with E-state index in [1.54, 1.807) is 7.11 Å². The summed E-state index contributed by atoms with van der Waals surface area (Å²) in [6.45, 7) is 8.36. The number of carbonyl (C=O) groups is 1. The Labute approximate surface area is 243 Å². The molecule has 1 heterocycles. The predicted molar refractivity (Wildman–Crippen MR) is 171 cm³/mol. The van der Waals surface area contributed by atoms with Crippen LogP contribution in [0, 0.1) is 0 Å². The standard InChI is InChI=1S/C36H39N3O2/c1-6-26(3)12-10-14-29(7-2)34-24-39(35(38-34)23-20-28-18-21-31(41-5)22-19-28)25-36(40)37-27(4)32-17-11-15-30-13-8-9-16-33(30)32/h6-11,13-24,27H,12,25H2,1-5H3,(H,37,40)/b14-10-,23-20+,26-6+,29-7+. The third kappa shape index (κ3) is 7.73. The van der Waals surface area contributed by atoms with E-state index in [1.165, 1.54) is 5.57 Å². The molecule has 0 aliphatic heterocycles. The van der Waals surface area contributed by atoms with Gasteiger partial charge in [-0.25, -0.2) is 4.98 Å². The average Bonchev–Trinajstić information content (AvgIpc) is 3.39. The smallest absolute Gasteiger partial charge is 0.240 e. The molecule has 1 unspecified atom stereocenters. The Bertz CT molecular complexity index is 1600. The van der Waals surface area contributed by atoms with E-state index < -0.39 is 0 Å². The molecule has 0 fully saturated rings. The maximum Gasteiger partial charge on any atom is 0.240 e. The second kappa shape index (κ2) is 14.1. The van der Waals surface area contributed by atoms with Gasteiger partial charge in [0, 0.05) is 6.20 Å². The topological polar surface area (TPSA) is 56.2 Å². The number of allylic oxidation sites excluding steroid dienone is 6. The number of imidazole rings is 1. The summed E-state index contributed by atoms with van der Waals surface area (Å²) in [7, 11) is 1.66. The molecule has 0 spiro atoms. The van der Waals surface area contributed by atoms with E-state index in [0.29, 0.717) is 5.82 Å². The van der Waals surface area contributed by atoms with Gasteiger partial charge in [0.1, 0.15) is 18.1 Å². The van der Waals surface area contributed by atoms with Gasteiger partial charge in [-0.1, -0.05) is 90.6 Å². The van der Waals surface area contributed by atoms with Gasteiger partial charge in [-0.05, 0) is 79.8 Å². The average molecular weight is 546 g/mol. The molecule has 1 aromatic heterocycles. The molecule has 3 aromatic carbocycles. The second-order valence-electron chi connectivity index (χ2n) is 10.1. The largest absolute Gasteiger partial charge is 0.497 e. The molecule has 0 aliphatic rings. The van der Waals surface area contributed by atoms with Gasteiger partial charge in [0.2, 0.25) is 5.91 Å². The van der Waals surface area contributed by atoms with Crippen LogP contribution in [0.2, 0.25) is 0 Å². The minimum absolute atomic E-state index is 0.0743. The summed E-state index contributed by atoms with van der Waals surface area (Å²) in [5, 5.41) is 5.50. The number of amides is 1. The van der Waals surface area contributed by atoms with Crippen LogP contribution in [-0.2, 0) is 11.3 Å². The first-order valence-corrected chi connectivity index (χ1v) is 14.0. The van der Waals surface area contributed by atoms with Crippen LogP contribution in [0.5, 0.6) is 5.75 Å². The normalized spacial score (nSPS) is 13.3. The summed E-state index contributed by atoms with van der Waals surface area (Å²) in [5.74, 6) is 1.44. The third-order valence-corrected chi connectivity index (χ3v) is 7.17. The van der Waals surface area contributed by atoms with Crippen molar-refractivity contribution in [3.8, 4) is 5.75 Å². The zero-order chi connectivity index (χ0) is 29.2. The third-order valence-electron chi connectivity index (χ3n) is 7.17. The van der Waals surface area contributed by atoms with Crippen LogP contribution < -0.4 is 10.1 Å². The molecule has 1 atom stereocenters. The van der Waals surface area contributed by atoms with Gasteiger partial charge in [-0.2, -0.15) is 0 Å². The lowest BCUT2D eigenvalue weighted by molar-refractivity contribution is -0.122. The first-order chi connectivity index (χ1) is 19.9. The van der Waals surface area contributed by atoms with Crippen LogP contribution >= 0.6 is 0 Å². The minimum atomic E-state index is -0.140. The van der Waals surface area contributed by atoms with Crippen LogP contribution in [-0.4, -0.2) is 22.6 Å². The SMILES string of the molecule is C/C=C(\C)C/C=C\C(=C/C)c1cn(CC(=O)NC(C)c2cccc3ccccc23)c(/C=C/c2ccc(OC)cc2)n1. The lowest BCUT2D eigenvalue weighted by Gasteiger charge is -2.17. The molecule has 5 heteroatoms. The number of aromatic nitrogens is 2. The number of hydrogen-bond acceptors (Lipinski definition) is 3. The van der Waals surface area contributed by atoms with Gasteiger partial charge in [0.25, 0.3) is 0 Å². The monoisotopic (exact) mass is 545 g/mol. The number of hydrogen-bond donors (Lipinski definition) is 1. The number of carbonyl (C=O) groups excluding carboxylic acids is 1. The number of fused-ring (bicyclic) bond motifs is 1. The van der Waals surface area contributed by atoms with Crippen molar-refractivity contribution in [2.24, 2.45) is 0 Å². The molecule has 1 amide bonds. The van der Waals surface area contributed by atoms with E-state index in [4.69, 9.17) is 9.72 Å². The summed E-state index contributed by atoms with van der Waals surface area (Å²) in [6, 6.07) is 22.1. The molecule has 41 heavy (non-hydrogen) atoms. The fourth-order valence-electron chi connectivity index (χ4n) is 4.68. The quantitative estimate of drug-likeness (QED) is 0.152. The molecule has 0 radical (unpaired) electrons. The number of benzene rings is 3. The summed E-state index contributed by atoms with van der Waals surface area (Å²) in [5.41, 5.74) is 5.26. The zero-order valence-electron chi connectivity index (χ0n) is 24.6. The fourth-order valence-corrected chi connectivity index (χ4v) is 4.68. The molecule has 4 aromatic rings. The first kappa shape index (κ1) is 29.3. The molecule has 210 valence electrons. The number of methoxy groups -OCH3 is 1. The van der Waals surface area contributed by atoms with Gasteiger partial charge < -0.3 is 14.6 Å². The fraction of sp³-hybridized carbons (Fsp3) is 0.222. The molecule has 0 aliphatic carbocycles. The van der Waals surface area contributed by atoms with Crippen LogP contribution in [0.1, 0.15) is 62.8 Å². The zero-order valence-corrected chi connectivity index (χ0v) is 24.6. The number of nitrogens with zero attached hydrogens (tertiary/aromatic N) is 2. The van der Waals surface area contributed by atoms with Crippen molar-refractivity contribution in [3.63, 3.8) is 0 Å². The van der Waals surface area contributed by atoms with E-state index in [9.17, 15) is 4.79 Å². The molecule has 1 N–H and O–H groups in total. The number of ether oxygens (including phenoxy) is 1. The summed E-state index contributed by atoms with van der Waals surface area (Å²) in [6.07, 6.45) is 15.2. The molecular formula is C36H39N3O2. The Hall–Kier alpha value is -4.64. The maximum absolute atomic E-state index is 13.3. The molecule has 0 bridgehead atoms. The van der Waals surface area contributed by atoms with E-state index in [-0.39, 0.29) is 18.5 Å². The highest BCUT2D eigenvalue weighted by atomic mass is 16.5. The molecule has 5 nitrogen and oxygen atoms in total. The Morgan fingerprint density at radius 3 is 2.49 bits per heavy atom. The molecular weight excluding hydrogens is 506 g/mol. The highest BCUT2D eigenvalue weighted by Gasteiger charge is 2.15. The van der Waals surface area contributed by atoms with Gasteiger partial charge in [-0.3, -0.25) is 4.79 Å². The van der Waals surface area contributed by atoms with Crippen LogP contribution in [0.4, 0.5) is 0 Å². The highest BCUT2D eigenvalue weighted by molar-refractivity contribution is 5.87. The highest BCUT2D eigenvalue weighted by Crippen LogP contribution is 2.24. The molecule has 4 rings (SSSR count). The lowest BCUT2D eigenvalue weighted by atomic mass is 10.00. The number of rotatable bonds is 11. The van der Waals surface area contributed by atoms with Crippen molar-refractivity contribution in [1.82, 2.24) is 14.9 Å². The van der Waals surface area contributed by atoms with E-state index in [2.05, 4.69) is 61.7 Å². The van der Waals surface area contributed by atoms with E-state index in [0.717, 1.165) is 45.3 Å². The van der Waals surface area contributed by atoms with Gasteiger partial charge in [0.15, 0.2) is 0 Å². The number of nitrogens with one attached hydrogen (secondary N) is 1. The lowest BCUT2D eigenvalue weighted by Crippen LogP contribution is -2.30. The van der Waals surface area contributed by atoms with Crippen LogP contribution in [0.25, 0.3) is 28.5 Å². The van der Waals surface area contributed by atoms with Gasteiger partial charge >= 0.3 is 0 Å². The minimum Gasteiger partial charge on any atom is -0.497 e. The van der Waals surface area contributed by atoms with Crippen molar-refractivity contribution < 1.29 is 9.53 Å². The first-order valence-electron chi connectivity index (χ1n) is 14.0. The Morgan fingerprint density at radius 1 is 1.00 bits per heavy atom. The predicted octanol–water partition coefficient (Wildman–Crippen LogP) is 8.41. The summed E-state index contributed by atoms with van der Waals surface area (Å²) < 4.78 is 7.19. The van der Waals surface area contributed by atoms with Crippen molar-refractivity contribution in [2.45, 2.75) is 46.7 Å². The van der Waals surface area contributed by atoms with Crippen LogP contribution in [0.15, 0.2) is 103 Å².